The fourth-order valence-electron chi connectivity index (χ4n) is 1.99. The Morgan fingerprint density at radius 1 is 1.30 bits per heavy atom. The molecule has 0 amide bonds. The zero-order chi connectivity index (χ0) is 17.0. The number of hydrogen-bond acceptors (Lipinski definition) is 4. The van der Waals surface area contributed by atoms with Gasteiger partial charge in [0.1, 0.15) is 4.90 Å². The second-order valence-corrected chi connectivity index (χ2v) is 7.72. The molecule has 0 fully saturated rings. The lowest BCUT2D eigenvalue weighted by atomic mass is 10.1. The van der Waals surface area contributed by atoms with Gasteiger partial charge in [0.15, 0.2) is 5.75 Å². The van der Waals surface area contributed by atoms with Crippen molar-refractivity contribution in [1.82, 2.24) is 4.72 Å². The minimum absolute atomic E-state index is 0.0976. The van der Waals surface area contributed by atoms with Crippen molar-refractivity contribution in [3.8, 4) is 5.75 Å². The van der Waals surface area contributed by atoms with E-state index >= 15 is 0 Å². The Hall–Kier alpha value is -1.12. The summed E-state index contributed by atoms with van der Waals surface area (Å²) < 4.78 is 32.9. The number of methoxy groups -OCH3 is 1. The molecule has 0 saturated heterocycles. The van der Waals surface area contributed by atoms with Gasteiger partial charge in [0.05, 0.1) is 17.7 Å². The highest BCUT2D eigenvalue weighted by molar-refractivity contribution is 9.10. The summed E-state index contributed by atoms with van der Waals surface area (Å²) in [6.45, 7) is -0.167. The molecule has 0 aliphatic carbocycles. The van der Waals surface area contributed by atoms with Crippen molar-refractivity contribution in [3.05, 3.63) is 57.5 Å². The van der Waals surface area contributed by atoms with E-state index in [0.717, 1.165) is 0 Å². The fraction of sp³-hybridized carbons (Fsp3) is 0.200. The van der Waals surface area contributed by atoms with E-state index in [9.17, 15) is 13.5 Å². The molecule has 0 aliphatic heterocycles. The molecule has 1 unspecified atom stereocenters. The highest BCUT2D eigenvalue weighted by Gasteiger charge is 2.23. The molecule has 1 atom stereocenters. The fourth-order valence-corrected chi connectivity index (χ4v) is 4.41. The molecule has 124 valence electrons. The summed E-state index contributed by atoms with van der Waals surface area (Å²) in [5, 5.41) is 10.3. The number of ether oxygens (including phenoxy) is 1. The van der Waals surface area contributed by atoms with Crippen molar-refractivity contribution in [2.75, 3.05) is 13.7 Å². The van der Waals surface area contributed by atoms with E-state index in [1.165, 1.54) is 19.2 Å². The second-order valence-electron chi connectivity index (χ2n) is 4.70. The van der Waals surface area contributed by atoms with E-state index in [1.54, 1.807) is 24.3 Å². The second kappa shape index (κ2) is 7.63. The van der Waals surface area contributed by atoms with E-state index in [-0.39, 0.29) is 22.2 Å². The van der Waals surface area contributed by atoms with E-state index in [2.05, 4.69) is 20.7 Å². The quantitative estimate of drug-likeness (QED) is 0.753. The van der Waals surface area contributed by atoms with Crippen LogP contribution in [-0.2, 0) is 10.0 Å². The number of rotatable bonds is 6. The van der Waals surface area contributed by atoms with Gasteiger partial charge < -0.3 is 9.84 Å². The predicted octanol–water partition coefficient (Wildman–Crippen LogP) is 3.12. The number of benzene rings is 2. The average molecular weight is 421 g/mol. The Balaban J connectivity index is 2.23. The maximum absolute atomic E-state index is 12.5. The maximum atomic E-state index is 12.5. The van der Waals surface area contributed by atoms with Crippen molar-refractivity contribution in [1.29, 1.82) is 0 Å². The molecule has 0 heterocycles. The Kier molecular flexibility index (Phi) is 6.05. The van der Waals surface area contributed by atoms with Crippen LogP contribution in [0.1, 0.15) is 11.7 Å². The van der Waals surface area contributed by atoms with Crippen LogP contribution in [-0.4, -0.2) is 27.2 Å². The van der Waals surface area contributed by atoms with Gasteiger partial charge in [-0.2, -0.15) is 0 Å². The molecule has 2 N–H and O–H groups in total. The molecule has 0 saturated carbocycles. The highest BCUT2D eigenvalue weighted by atomic mass is 79.9. The molecule has 2 aromatic carbocycles. The first-order chi connectivity index (χ1) is 10.8. The summed E-state index contributed by atoms with van der Waals surface area (Å²) in [4.78, 5) is -0.0976. The molecule has 0 spiro atoms. The Morgan fingerprint density at radius 3 is 2.57 bits per heavy atom. The SMILES string of the molecule is COc1c(Br)cc(Cl)cc1S(=O)(=O)NCC(O)c1ccccc1. The molecule has 0 radical (unpaired) electrons. The Bertz CT molecular complexity index is 784. The number of aliphatic hydroxyl groups is 1. The largest absolute Gasteiger partial charge is 0.494 e. The first kappa shape index (κ1) is 18.2. The third-order valence-corrected chi connectivity index (χ3v) is 5.36. The number of sulfonamides is 1. The zero-order valence-corrected chi connectivity index (χ0v) is 15.3. The van der Waals surface area contributed by atoms with Crippen molar-refractivity contribution >= 4 is 37.6 Å². The maximum Gasteiger partial charge on any atom is 0.244 e. The molecule has 2 aromatic rings. The smallest absolute Gasteiger partial charge is 0.244 e. The molecular weight excluding hydrogens is 406 g/mol. The monoisotopic (exact) mass is 419 g/mol. The average Bonchev–Trinajstić information content (AvgIpc) is 2.53. The van der Waals surface area contributed by atoms with Gasteiger partial charge in [-0.25, -0.2) is 13.1 Å². The van der Waals surface area contributed by atoms with Gasteiger partial charge in [-0.15, -0.1) is 0 Å². The van der Waals surface area contributed by atoms with Crippen LogP contribution in [0.25, 0.3) is 0 Å². The van der Waals surface area contributed by atoms with Gasteiger partial charge in [0.25, 0.3) is 0 Å². The lowest BCUT2D eigenvalue weighted by molar-refractivity contribution is 0.182. The van der Waals surface area contributed by atoms with Crippen LogP contribution in [0.2, 0.25) is 5.02 Å². The molecule has 8 heteroatoms. The highest BCUT2D eigenvalue weighted by Crippen LogP contribution is 2.35. The summed E-state index contributed by atoms with van der Waals surface area (Å²) >= 11 is 9.13. The van der Waals surface area contributed by atoms with Crippen molar-refractivity contribution < 1.29 is 18.3 Å². The van der Waals surface area contributed by atoms with Crippen LogP contribution in [0, 0.1) is 0 Å². The molecule has 0 aliphatic rings. The molecule has 2 rings (SSSR count). The minimum atomic E-state index is -3.90. The van der Waals surface area contributed by atoms with Gasteiger partial charge in [-0.05, 0) is 33.6 Å². The van der Waals surface area contributed by atoms with Crippen LogP contribution in [0.3, 0.4) is 0 Å². The summed E-state index contributed by atoms with van der Waals surface area (Å²) in [6.07, 6.45) is -0.959. The number of aliphatic hydroxyl groups excluding tert-OH is 1. The van der Waals surface area contributed by atoms with Crippen molar-refractivity contribution in [2.24, 2.45) is 0 Å². The summed E-state index contributed by atoms with van der Waals surface area (Å²) in [7, 11) is -2.53. The van der Waals surface area contributed by atoms with Gasteiger partial charge in [-0.1, -0.05) is 41.9 Å². The first-order valence-corrected chi connectivity index (χ1v) is 9.26. The van der Waals surface area contributed by atoms with Gasteiger partial charge in [0, 0.05) is 11.6 Å². The summed E-state index contributed by atoms with van der Waals surface area (Å²) in [5.41, 5.74) is 0.620. The van der Waals surface area contributed by atoms with Crippen LogP contribution < -0.4 is 9.46 Å². The third kappa shape index (κ3) is 4.45. The van der Waals surface area contributed by atoms with Gasteiger partial charge in [0.2, 0.25) is 10.0 Å². The third-order valence-electron chi connectivity index (χ3n) is 3.12. The molecule has 0 aromatic heterocycles. The molecular formula is C15H15BrClNO4S. The van der Waals surface area contributed by atoms with Gasteiger partial charge in [-0.3, -0.25) is 0 Å². The lowest BCUT2D eigenvalue weighted by Crippen LogP contribution is -2.29. The first-order valence-electron chi connectivity index (χ1n) is 6.61. The van der Waals surface area contributed by atoms with Gasteiger partial charge >= 0.3 is 0 Å². The Labute approximate surface area is 148 Å². The molecule has 0 bridgehead atoms. The minimum Gasteiger partial charge on any atom is -0.494 e. The lowest BCUT2D eigenvalue weighted by Gasteiger charge is -2.15. The van der Waals surface area contributed by atoms with E-state index in [4.69, 9.17) is 16.3 Å². The topological polar surface area (TPSA) is 75.6 Å². The zero-order valence-electron chi connectivity index (χ0n) is 12.2. The summed E-state index contributed by atoms with van der Waals surface area (Å²) in [5.74, 6) is 0.149. The number of hydrogen-bond donors (Lipinski definition) is 2. The van der Waals surface area contributed by atoms with E-state index in [0.29, 0.717) is 10.0 Å². The Morgan fingerprint density at radius 2 is 1.96 bits per heavy atom. The predicted molar refractivity (Wildman–Crippen MR) is 92.3 cm³/mol. The molecule has 23 heavy (non-hydrogen) atoms. The van der Waals surface area contributed by atoms with Crippen LogP contribution in [0.5, 0.6) is 5.75 Å². The molecule has 5 nitrogen and oxygen atoms in total. The van der Waals surface area contributed by atoms with Crippen LogP contribution in [0.15, 0.2) is 51.8 Å². The van der Waals surface area contributed by atoms with E-state index < -0.39 is 16.1 Å². The number of nitrogens with one attached hydrogen (secondary N) is 1. The van der Waals surface area contributed by atoms with E-state index in [1.807, 2.05) is 6.07 Å². The normalized spacial score (nSPS) is 12.9. The standard InChI is InChI=1S/C15H15BrClNO4S/c1-22-15-12(16)7-11(17)8-14(15)23(20,21)18-9-13(19)10-5-3-2-4-6-10/h2-8,13,18-19H,9H2,1H3. The van der Waals surface area contributed by atoms with Crippen molar-refractivity contribution in [3.63, 3.8) is 0 Å². The van der Waals surface area contributed by atoms with Crippen LogP contribution >= 0.6 is 27.5 Å². The number of halogens is 2. The summed E-state index contributed by atoms with van der Waals surface area (Å²) in [6, 6.07) is 11.6. The van der Waals surface area contributed by atoms with Crippen LogP contribution in [0.4, 0.5) is 0 Å². The van der Waals surface area contributed by atoms with Crippen molar-refractivity contribution in [2.45, 2.75) is 11.0 Å².